The molecule has 2 N–H and O–H groups in total. The van der Waals surface area contributed by atoms with Crippen LogP contribution in [0.2, 0.25) is 5.02 Å². The van der Waals surface area contributed by atoms with E-state index in [9.17, 15) is 18.0 Å². The molecule has 32 heavy (non-hydrogen) atoms. The summed E-state index contributed by atoms with van der Waals surface area (Å²) in [6.07, 6.45) is 3.89. The van der Waals surface area contributed by atoms with Gasteiger partial charge < -0.3 is 10.6 Å². The Balaban J connectivity index is 1.68. The Hall–Kier alpha value is -2.42. The van der Waals surface area contributed by atoms with Crippen LogP contribution >= 0.6 is 11.6 Å². The molecule has 1 fully saturated rings. The lowest BCUT2D eigenvalue weighted by Crippen LogP contribution is -2.51. The number of benzene rings is 2. The van der Waals surface area contributed by atoms with Crippen molar-refractivity contribution in [2.75, 3.05) is 13.1 Å². The molecule has 1 saturated heterocycles. The van der Waals surface area contributed by atoms with Crippen LogP contribution in [0.1, 0.15) is 47.2 Å². The zero-order valence-electron chi connectivity index (χ0n) is 17.7. The number of nitrogens with two attached hydrogens (primary N) is 1. The van der Waals surface area contributed by atoms with Crippen LogP contribution in [0.3, 0.4) is 0 Å². The van der Waals surface area contributed by atoms with Crippen molar-refractivity contribution in [3.8, 4) is 0 Å². The smallest absolute Gasteiger partial charge is 0.254 e. The molecule has 0 aliphatic carbocycles. The van der Waals surface area contributed by atoms with Crippen molar-refractivity contribution in [2.24, 2.45) is 5.73 Å². The van der Waals surface area contributed by atoms with Gasteiger partial charge >= 0.3 is 0 Å². The summed E-state index contributed by atoms with van der Waals surface area (Å²) >= 11 is 6.27. The molecule has 0 radical (unpaired) electrons. The summed E-state index contributed by atoms with van der Waals surface area (Å²) in [6, 6.07) is 11.0. The predicted octanol–water partition coefficient (Wildman–Crippen LogP) is 2.96. The molecule has 170 valence electrons. The monoisotopic (exact) mass is 475 g/mol. The van der Waals surface area contributed by atoms with Crippen LogP contribution in [0, 0.1) is 0 Å². The quantitative estimate of drug-likeness (QED) is 0.734. The van der Waals surface area contributed by atoms with Crippen LogP contribution in [0.15, 0.2) is 47.4 Å². The Labute approximate surface area is 193 Å². The van der Waals surface area contributed by atoms with Gasteiger partial charge in [-0.1, -0.05) is 48.7 Å². The Morgan fingerprint density at radius 2 is 1.62 bits per heavy atom. The first-order valence-corrected chi connectivity index (χ1v) is 12.6. The molecule has 0 bridgehead atoms. The number of carbonyl (C=O) groups is 2. The van der Waals surface area contributed by atoms with E-state index in [1.54, 1.807) is 0 Å². The van der Waals surface area contributed by atoms with E-state index in [-0.39, 0.29) is 22.0 Å². The number of halogens is 1. The van der Waals surface area contributed by atoms with E-state index in [4.69, 9.17) is 17.3 Å². The third-order valence-corrected chi connectivity index (χ3v) is 8.58. The number of primary amides is 1. The number of carbonyl (C=O) groups excluding carboxylic acids is 2. The maximum absolute atomic E-state index is 13.4. The zero-order valence-corrected chi connectivity index (χ0v) is 19.2. The molecular formula is C23H26ClN3O4S. The first kappa shape index (κ1) is 22.8. The fourth-order valence-corrected chi connectivity index (χ4v) is 6.43. The van der Waals surface area contributed by atoms with Crippen LogP contribution in [-0.2, 0) is 27.8 Å². The van der Waals surface area contributed by atoms with E-state index in [0.29, 0.717) is 19.5 Å². The Morgan fingerprint density at radius 1 is 0.969 bits per heavy atom. The van der Waals surface area contributed by atoms with Crippen LogP contribution < -0.4 is 5.73 Å². The van der Waals surface area contributed by atoms with E-state index < -0.39 is 27.9 Å². The molecule has 1 atom stereocenters. The number of nitrogens with zero attached hydrogens (tertiary/aromatic N) is 2. The summed E-state index contributed by atoms with van der Waals surface area (Å²) in [7, 11) is -3.84. The van der Waals surface area contributed by atoms with Gasteiger partial charge in [0, 0.05) is 31.6 Å². The van der Waals surface area contributed by atoms with Gasteiger partial charge in [0.1, 0.15) is 10.9 Å². The molecule has 7 nitrogen and oxygen atoms in total. The first-order chi connectivity index (χ1) is 15.3. The number of fused-ring (bicyclic) bond motifs is 1. The standard InChI is InChI=1S/C23H26ClN3O4S/c24-19-10-9-17(14-21(19)32(30,31)26-11-5-1-2-6-12-26)23(29)27-15-18-8-4-3-7-16(18)13-20(27)22(25)28/h3-4,7-10,14,20H,1-2,5-6,11-13,15H2,(H2,25,28)/t20-/m1/s1. The molecule has 2 heterocycles. The predicted molar refractivity (Wildman–Crippen MR) is 122 cm³/mol. The fourth-order valence-electron chi connectivity index (χ4n) is 4.41. The second kappa shape index (κ2) is 9.21. The lowest BCUT2D eigenvalue weighted by molar-refractivity contribution is -0.122. The molecule has 2 aromatic carbocycles. The van der Waals surface area contributed by atoms with Gasteiger partial charge in [-0.05, 0) is 42.2 Å². The molecule has 2 aromatic rings. The third-order valence-electron chi connectivity index (χ3n) is 6.20. The van der Waals surface area contributed by atoms with Gasteiger partial charge in [0.15, 0.2) is 0 Å². The summed E-state index contributed by atoms with van der Waals surface area (Å²) in [4.78, 5) is 26.9. The van der Waals surface area contributed by atoms with E-state index in [2.05, 4.69) is 0 Å². The largest absolute Gasteiger partial charge is 0.368 e. The summed E-state index contributed by atoms with van der Waals surface area (Å²) in [5.41, 5.74) is 7.68. The summed E-state index contributed by atoms with van der Waals surface area (Å²) in [5, 5.41) is 0.0706. The highest BCUT2D eigenvalue weighted by Gasteiger charge is 2.35. The van der Waals surface area contributed by atoms with E-state index in [1.165, 1.54) is 27.4 Å². The Morgan fingerprint density at radius 3 is 2.28 bits per heavy atom. The minimum Gasteiger partial charge on any atom is -0.368 e. The molecule has 2 aliphatic heterocycles. The number of hydrogen-bond acceptors (Lipinski definition) is 4. The van der Waals surface area contributed by atoms with Crippen LogP contribution in [0.5, 0.6) is 0 Å². The molecule has 0 unspecified atom stereocenters. The summed E-state index contributed by atoms with van der Waals surface area (Å²) < 4.78 is 28.0. The maximum atomic E-state index is 13.4. The van der Waals surface area contributed by atoms with Crippen LogP contribution in [-0.4, -0.2) is 48.6 Å². The summed E-state index contributed by atoms with van der Waals surface area (Å²) in [5.74, 6) is -1.05. The average Bonchev–Trinajstić information content (AvgIpc) is 3.08. The van der Waals surface area contributed by atoms with E-state index in [1.807, 2.05) is 24.3 Å². The molecule has 2 aliphatic rings. The second-order valence-electron chi connectivity index (χ2n) is 8.29. The molecule has 2 amide bonds. The van der Waals surface area contributed by atoms with Crippen molar-refractivity contribution in [1.82, 2.24) is 9.21 Å². The highest BCUT2D eigenvalue weighted by atomic mass is 35.5. The number of sulfonamides is 1. The lowest BCUT2D eigenvalue weighted by Gasteiger charge is -2.35. The highest BCUT2D eigenvalue weighted by molar-refractivity contribution is 7.89. The first-order valence-electron chi connectivity index (χ1n) is 10.8. The van der Waals surface area contributed by atoms with Gasteiger partial charge in [0.25, 0.3) is 5.91 Å². The Bertz CT molecular complexity index is 1140. The average molecular weight is 476 g/mol. The third kappa shape index (κ3) is 4.40. The van der Waals surface area contributed by atoms with Crippen molar-refractivity contribution < 1.29 is 18.0 Å². The minimum absolute atomic E-state index is 0.0706. The molecule has 0 aromatic heterocycles. The van der Waals surface area contributed by atoms with Gasteiger partial charge in [0.05, 0.1) is 5.02 Å². The van der Waals surface area contributed by atoms with Gasteiger partial charge in [0.2, 0.25) is 15.9 Å². The topological polar surface area (TPSA) is 101 Å². The molecule has 9 heteroatoms. The van der Waals surface area contributed by atoms with Crippen molar-refractivity contribution >= 4 is 33.4 Å². The summed E-state index contributed by atoms with van der Waals surface area (Å²) in [6.45, 7) is 1.09. The van der Waals surface area contributed by atoms with E-state index >= 15 is 0 Å². The molecular weight excluding hydrogens is 450 g/mol. The maximum Gasteiger partial charge on any atom is 0.254 e. The number of hydrogen-bond donors (Lipinski definition) is 1. The number of amides is 2. The second-order valence-corrected chi connectivity index (χ2v) is 10.6. The van der Waals surface area contributed by atoms with Gasteiger partial charge in [-0.3, -0.25) is 9.59 Å². The fraction of sp³-hybridized carbons (Fsp3) is 0.391. The zero-order chi connectivity index (χ0) is 22.9. The SMILES string of the molecule is NC(=O)[C@H]1Cc2ccccc2CN1C(=O)c1ccc(Cl)c(S(=O)(=O)N2CCCCCC2)c1. The van der Waals surface area contributed by atoms with Crippen molar-refractivity contribution in [1.29, 1.82) is 0 Å². The minimum atomic E-state index is -3.84. The van der Waals surface area contributed by atoms with E-state index in [0.717, 1.165) is 36.8 Å². The van der Waals surface area contributed by atoms with Gasteiger partial charge in [-0.15, -0.1) is 0 Å². The lowest BCUT2D eigenvalue weighted by atomic mass is 9.93. The molecule has 4 rings (SSSR count). The van der Waals surface area contributed by atoms with Crippen LogP contribution in [0.4, 0.5) is 0 Å². The Kier molecular flexibility index (Phi) is 6.55. The van der Waals surface area contributed by atoms with Crippen molar-refractivity contribution in [2.45, 2.75) is 49.6 Å². The highest BCUT2D eigenvalue weighted by Crippen LogP contribution is 2.30. The van der Waals surface area contributed by atoms with Crippen molar-refractivity contribution in [3.05, 3.63) is 64.2 Å². The van der Waals surface area contributed by atoms with Gasteiger partial charge in [-0.25, -0.2) is 8.42 Å². The number of rotatable bonds is 4. The van der Waals surface area contributed by atoms with Gasteiger partial charge in [-0.2, -0.15) is 4.31 Å². The normalized spacial score (nSPS) is 19.8. The molecule has 0 saturated carbocycles. The van der Waals surface area contributed by atoms with Crippen molar-refractivity contribution in [3.63, 3.8) is 0 Å². The molecule has 0 spiro atoms. The van der Waals surface area contributed by atoms with Crippen LogP contribution in [0.25, 0.3) is 0 Å².